The maximum absolute atomic E-state index is 5.04. The molecule has 0 aromatic heterocycles. The highest BCUT2D eigenvalue weighted by atomic mass is 15.3. The molecule has 2 aliphatic rings. The Bertz CT molecular complexity index is 393. The molecule has 146 valence electrons. The van der Waals surface area contributed by atoms with Crippen molar-refractivity contribution in [2.24, 2.45) is 10.9 Å². The average molecular weight is 352 g/mol. The first kappa shape index (κ1) is 20.5. The van der Waals surface area contributed by atoms with Gasteiger partial charge in [-0.1, -0.05) is 20.3 Å². The molecule has 0 bridgehead atoms. The minimum Gasteiger partial charge on any atom is -0.357 e. The molecule has 5 heteroatoms. The predicted molar refractivity (Wildman–Crippen MR) is 108 cm³/mol. The van der Waals surface area contributed by atoms with Gasteiger partial charge in [0.05, 0.1) is 6.54 Å². The smallest absolute Gasteiger partial charge is 0.191 e. The monoisotopic (exact) mass is 351 g/mol. The van der Waals surface area contributed by atoms with Crippen LogP contribution in [0.3, 0.4) is 0 Å². The molecule has 0 radical (unpaired) electrons. The maximum atomic E-state index is 5.04. The van der Waals surface area contributed by atoms with E-state index in [2.05, 4.69) is 48.3 Å². The third-order valence-corrected chi connectivity index (χ3v) is 5.83. The Hall–Kier alpha value is -0.810. The minimum absolute atomic E-state index is 0.271. The van der Waals surface area contributed by atoms with E-state index in [0.717, 1.165) is 31.5 Å². The molecule has 5 nitrogen and oxygen atoms in total. The van der Waals surface area contributed by atoms with E-state index in [0.29, 0.717) is 0 Å². The van der Waals surface area contributed by atoms with Gasteiger partial charge in [0, 0.05) is 18.6 Å². The lowest BCUT2D eigenvalue weighted by molar-refractivity contribution is 0.0208. The summed E-state index contributed by atoms with van der Waals surface area (Å²) in [4.78, 5) is 10.3. The van der Waals surface area contributed by atoms with Crippen LogP contribution in [0, 0.1) is 5.92 Å². The van der Waals surface area contributed by atoms with E-state index in [1.165, 1.54) is 64.7 Å². The highest BCUT2D eigenvalue weighted by Gasteiger charge is 2.39. The van der Waals surface area contributed by atoms with Crippen LogP contribution in [0.5, 0.6) is 0 Å². The summed E-state index contributed by atoms with van der Waals surface area (Å²) < 4.78 is 0. The van der Waals surface area contributed by atoms with Crippen LogP contribution in [0.25, 0.3) is 0 Å². The summed E-state index contributed by atoms with van der Waals surface area (Å²) >= 11 is 0. The lowest BCUT2D eigenvalue weighted by Gasteiger charge is -2.49. The number of nitrogens with zero attached hydrogens (tertiary/aromatic N) is 3. The molecule has 2 N–H and O–H groups in total. The summed E-state index contributed by atoms with van der Waals surface area (Å²) in [6.45, 7) is 14.5. The van der Waals surface area contributed by atoms with Gasteiger partial charge >= 0.3 is 0 Å². The van der Waals surface area contributed by atoms with E-state index in [9.17, 15) is 0 Å². The molecule has 0 saturated carbocycles. The largest absolute Gasteiger partial charge is 0.357 e. The molecule has 0 aromatic rings. The van der Waals surface area contributed by atoms with Crippen molar-refractivity contribution < 1.29 is 0 Å². The van der Waals surface area contributed by atoms with Gasteiger partial charge in [0.15, 0.2) is 5.96 Å². The zero-order chi connectivity index (χ0) is 18.1. The van der Waals surface area contributed by atoms with Gasteiger partial charge < -0.3 is 15.5 Å². The van der Waals surface area contributed by atoms with Gasteiger partial charge in [0.1, 0.15) is 0 Å². The lowest BCUT2D eigenvalue weighted by Crippen LogP contribution is -2.58. The second-order valence-corrected chi connectivity index (χ2v) is 8.38. The van der Waals surface area contributed by atoms with Gasteiger partial charge in [-0.05, 0) is 78.2 Å². The number of hydrogen-bond donors (Lipinski definition) is 2. The van der Waals surface area contributed by atoms with E-state index >= 15 is 0 Å². The number of piperidine rings is 2. The molecule has 0 spiro atoms. The van der Waals surface area contributed by atoms with Crippen LogP contribution >= 0.6 is 0 Å². The molecular weight excluding hydrogens is 310 g/mol. The van der Waals surface area contributed by atoms with Crippen LogP contribution in [-0.2, 0) is 0 Å². The minimum atomic E-state index is 0.271. The molecule has 0 aliphatic carbocycles. The van der Waals surface area contributed by atoms with E-state index in [4.69, 9.17) is 4.99 Å². The third kappa shape index (κ3) is 6.45. The molecule has 2 fully saturated rings. The fourth-order valence-electron chi connectivity index (χ4n) is 4.02. The second kappa shape index (κ2) is 10.4. The van der Waals surface area contributed by atoms with Crippen molar-refractivity contribution in [3.8, 4) is 0 Å². The predicted octanol–water partition coefficient (Wildman–Crippen LogP) is 2.54. The molecule has 0 unspecified atom stereocenters. The average Bonchev–Trinajstić information content (AvgIpc) is 2.62. The Balaban J connectivity index is 2.02. The number of hydrogen-bond acceptors (Lipinski definition) is 3. The van der Waals surface area contributed by atoms with Crippen LogP contribution in [-0.4, -0.2) is 74.2 Å². The Morgan fingerprint density at radius 1 is 1.04 bits per heavy atom. The molecule has 2 heterocycles. The zero-order valence-electron chi connectivity index (χ0n) is 17.1. The van der Waals surface area contributed by atoms with Crippen LogP contribution < -0.4 is 10.6 Å². The standard InChI is InChI=1S/C20H41N5/c1-5-21-19(22-12-9-18(2)3)23-17-20(10-15-24(4)16-11-20)25-13-7-6-8-14-25/h18H,5-17H2,1-4H3,(H2,21,22,23). The summed E-state index contributed by atoms with van der Waals surface area (Å²) in [5, 5.41) is 6.97. The summed E-state index contributed by atoms with van der Waals surface area (Å²) in [6.07, 6.45) is 7.79. The van der Waals surface area contributed by atoms with Crippen molar-refractivity contribution in [1.29, 1.82) is 0 Å². The van der Waals surface area contributed by atoms with Crippen molar-refractivity contribution in [3.05, 3.63) is 0 Å². The number of guanidine groups is 1. The van der Waals surface area contributed by atoms with E-state index in [1.54, 1.807) is 0 Å². The second-order valence-electron chi connectivity index (χ2n) is 8.38. The van der Waals surface area contributed by atoms with Crippen molar-refractivity contribution in [2.45, 2.75) is 64.8 Å². The van der Waals surface area contributed by atoms with Gasteiger partial charge in [0.25, 0.3) is 0 Å². The Labute approximate surface area is 155 Å². The molecular formula is C20H41N5. The lowest BCUT2D eigenvalue weighted by atomic mass is 9.84. The SMILES string of the molecule is CCNC(=NCC1(N2CCCCC2)CCN(C)CC1)NCCC(C)C. The summed E-state index contributed by atoms with van der Waals surface area (Å²) in [7, 11) is 2.25. The Morgan fingerprint density at radius 2 is 1.72 bits per heavy atom. The fraction of sp³-hybridized carbons (Fsp3) is 0.950. The molecule has 2 saturated heterocycles. The molecule has 0 amide bonds. The van der Waals surface area contributed by atoms with Crippen LogP contribution in [0.4, 0.5) is 0 Å². The number of likely N-dealkylation sites (tertiary alicyclic amines) is 2. The van der Waals surface area contributed by atoms with Crippen molar-refractivity contribution in [2.75, 3.05) is 52.9 Å². The van der Waals surface area contributed by atoms with Crippen molar-refractivity contribution >= 4 is 5.96 Å². The first-order valence-corrected chi connectivity index (χ1v) is 10.5. The topological polar surface area (TPSA) is 42.9 Å². The van der Waals surface area contributed by atoms with Gasteiger partial charge in [0.2, 0.25) is 0 Å². The fourth-order valence-corrected chi connectivity index (χ4v) is 4.02. The number of rotatable bonds is 7. The molecule has 25 heavy (non-hydrogen) atoms. The molecule has 0 atom stereocenters. The van der Waals surface area contributed by atoms with Crippen LogP contribution in [0.2, 0.25) is 0 Å². The first-order valence-electron chi connectivity index (χ1n) is 10.5. The number of aliphatic imine (C=N–C) groups is 1. The summed E-state index contributed by atoms with van der Waals surface area (Å²) in [6, 6.07) is 0. The quantitative estimate of drug-likeness (QED) is 0.546. The van der Waals surface area contributed by atoms with Crippen LogP contribution in [0.15, 0.2) is 4.99 Å². The Kier molecular flexibility index (Phi) is 8.50. The number of nitrogens with one attached hydrogen (secondary N) is 2. The normalized spacial score (nSPS) is 23.0. The van der Waals surface area contributed by atoms with Gasteiger partial charge in [-0.3, -0.25) is 9.89 Å². The zero-order valence-corrected chi connectivity index (χ0v) is 17.1. The summed E-state index contributed by atoms with van der Waals surface area (Å²) in [5.74, 6) is 1.72. The maximum Gasteiger partial charge on any atom is 0.191 e. The Morgan fingerprint density at radius 3 is 2.32 bits per heavy atom. The third-order valence-electron chi connectivity index (χ3n) is 5.83. The van der Waals surface area contributed by atoms with E-state index < -0.39 is 0 Å². The van der Waals surface area contributed by atoms with Gasteiger partial charge in [-0.25, -0.2) is 0 Å². The highest BCUT2D eigenvalue weighted by Crippen LogP contribution is 2.31. The van der Waals surface area contributed by atoms with E-state index in [1.807, 2.05) is 0 Å². The van der Waals surface area contributed by atoms with Gasteiger partial charge in [-0.15, -0.1) is 0 Å². The molecule has 0 aromatic carbocycles. The first-order chi connectivity index (χ1) is 12.1. The van der Waals surface area contributed by atoms with Crippen molar-refractivity contribution in [3.63, 3.8) is 0 Å². The van der Waals surface area contributed by atoms with Gasteiger partial charge in [-0.2, -0.15) is 0 Å². The van der Waals surface area contributed by atoms with Crippen LogP contribution in [0.1, 0.15) is 59.3 Å². The van der Waals surface area contributed by atoms with E-state index in [-0.39, 0.29) is 5.54 Å². The molecule has 2 rings (SSSR count). The summed E-state index contributed by atoms with van der Waals surface area (Å²) in [5.41, 5.74) is 0.271. The molecule has 2 aliphatic heterocycles. The highest BCUT2D eigenvalue weighted by molar-refractivity contribution is 5.79. The van der Waals surface area contributed by atoms with Crippen molar-refractivity contribution in [1.82, 2.24) is 20.4 Å².